The number of halogens is 3. The first kappa shape index (κ1) is 33.7. The van der Waals surface area contributed by atoms with Gasteiger partial charge in [-0.25, -0.2) is 0 Å². The molecule has 3 rings (SSSR count). The van der Waals surface area contributed by atoms with Crippen molar-refractivity contribution in [3.8, 4) is 5.75 Å². The summed E-state index contributed by atoms with van der Waals surface area (Å²) in [5.41, 5.74) is 1.43. The third kappa shape index (κ3) is 9.34. The van der Waals surface area contributed by atoms with E-state index < -0.39 is 17.8 Å². The monoisotopic (exact) mass is 593 g/mol. The molecule has 1 amide bonds. The van der Waals surface area contributed by atoms with Gasteiger partial charge in [0.15, 0.2) is 0 Å². The number of hydrogen-bond donors (Lipinski definition) is 1. The molecule has 0 unspecified atom stereocenters. The van der Waals surface area contributed by atoms with Crippen LogP contribution in [0.5, 0.6) is 5.75 Å². The second kappa shape index (κ2) is 15.1. The third-order valence-electron chi connectivity index (χ3n) is 7.78. The van der Waals surface area contributed by atoms with E-state index in [1.54, 1.807) is 4.90 Å². The van der Waals surface area contributed by atoms with Crippen LogP contribution in [0.25, 0.3) is 0 Å². The van der Waals surface area contributed by atoms with Crippen molar-refractivity contribution < 1.29 is 32.5 Å². The second-order valence-electron chi connectivity index (χ2n) is 11.8. The van der Waals surface area contributed by atoms with Crippen LogP contribution >= 0.6 is 0 Å². The van der Waals surface area contributed by atoms with E-state index in [0.29, 0.717) is 37.6 Å². The predicted octanol–water partition coefficient (Wildman–Crippen LogP) is 5.70. The maximum absolute atomic E-state index is 14.1. The van der Waals surface area contributed by atoms with Crippen molar-refractivity contribution in [1.82, 2.24) is 9.80 Å². The van der Waals surface area contributed by atoms with E-state index in [9.17, 15) is 23.1 Å². The van der Waals surface area contributed by atoms with Gasteiger partial charge in [0.1, 0.15) is 5.75 Å². The van der Waals surface area contributed by atoms with Gasteiger partial charge in [-0.1, -0.05) is 19.1 Å². The van der Waals surface area contributed by atoms with E-state index in [-0.39, 0.29) is 30.6 Å². The van der Waals surface area contributed by atoms with Gasteiger partial charge < -0.3 is 24.4 Å². The topological polar surface area (TPSA) is 65.5 Å². The number of carbonyl (C=O) groups excluding carboxylic acids is 1. The van der Waals surface area contributed by atoms with Gasteiger partial charge in [0, 0.05) is 51.9 Å². The molecule has 1 heterocycles. The van der Waals surface area contributed by atoms with Gasteiger partial charge >= 0.3 is 6.18 Å². The summed E-state index contributed by atoms with van der Waals surface area (Å²) in [5.74, 6) is 0.214. The molecule has 1 aliphatic heterocycles. The number of rotatable bonds is 7. The number of amides is 1. The number of aliphatic hydroxyl groups excluding tert-OH is 1. The lowest BCUT2D eigenvalue weighted by Gasteiger charge is -2.36. The molecule has 0 bridgehead atoms. The second-order valence-corrected chi connectivity index (χ2v) is 11.8. The number of aliphatic hydroxyl groups is 1. The molecule has 0 spiro atoms. The molecule has 0 aromatic heterocycles. The van der Waals surface area contributed by atoms with Crippen molar-refractivity contribution in [3.05, 3.63) is 59.2 Å². The maximum Gasteiger partial charge on any atom is 0.416 e. The summed E-state index contributed by atoms with van der Waals surface area (Å²) in [6.45, 7) is 7.52. The molecule has 4 atom stereocenters. The van der Waals surface area contributed by atoms with Crippen LogP contribution in [0.15, 0.2) is 42.5 Å². The number of benzene rings is 2. The highest BCUT2D eigenvalue weighted by molar-refractivity contribution is 5.98. The molecule has 0 aliphatic carbocycles. The van der Waals surface area contributed by atoms with Crippen LogP contribution in [0.4, 0.5) is 18.9 Å². The van der Waals surface area contributed by atoms with Crippen LogP contribution in [0.2, 0.25) is 0 Å². The van der Waals surface area contributed by atoms with E-state index in [0.717, 1.165) is 42.6 Å². The van der Waals surface area contributed by atoms with E-state index in [2.05, 4.69) is 0 Å². The van der Waals surface area contributed by atoms with Gasteiger partial charge in [-0.15, -0.1) is 0 Å². The number of nitrogens with zero attached hydrogens (tertiary/aromatic N) is 3. The molecule has 1 N–H and O–H groups in total. The summed E-state index contributed by atoms with van der Waals surface area (Å²) in [5, 5.41) is 10.1. The quantitative estimate of drug-likeness (QED) is 0.445. The highest BCUT2D eigenvalue weighted by atomic mass is 19.4. The minimum absolute atomic E-state index is 0.0960. The molecule has 7 nitrogen and oxygen atoms in total. The molecular formula is C32H46F3N3O4. The standard InChI is InChI=1S/C32H46F3N3O4/c1-22-18-38(23(2)21-39)31(40)28-17-27(36(4)5)14-15-29(28)42-24(3)9-7-8-16-41-30(22)20-37(6)19-25-10-12-26(13-11-25)32(33,34)35/h10-15,17,22-24,30,39H,7-9,16,18-21H2,1-6H3/t22-,23-,24-,30-/m0/s1. The van der Waals surface area contributed by atoms with Gasteiger partial charge in [-0.2, -0.15) is 13.2 Å². The Morgan fingerprint density at radius 3 is 2.38 bits per heavy atom. The summed E-state index contributed by atoms with van der Waals surface area (Å²) in [4.78, 5) is 19.7. The molecule has 10 heteroatoms. The van der Waals surface area contributed by atoms with Gasteiger partial charge in [0.05, 0.1) is 36.0 Å². The summed E-state index contributed by atoms with van der Waals surface area (Å²) in [6, 6.07) is 10.4. The minimum Gasteiger partial charge on any atom is -0.490 e. The van der Waals surface area contributed by atoms with E-state index in [4.69, 9.17) is 9.47 Å². The van der Waals surface area contributed by atoms with Crippen molar-refractivity contribution in [3.63, 3.8) is 0 Å². The zero-order valence-corrected chi connectivity index (χ0v) is 25.7. The van der Waals surface area contributed by atoms with E-state index >= 15 is 0 Å². The number of anilines is 1. The first-order valence-corrected chi connectivity index (χ1v) is 14.7. The lowest BCUT2D eigenvalue weighted by molar-refractivity contribution is -0.137. The van der Waals surface area contributed by atoms with Crippen molar-refractivity contribution in [2.45, 2.75) is 71.0 Å². The molecule has 1 aliphatic rings. The fourth-order valence-corrected chi connectivity index (χ4v) is 5.13. The summed E-state index contributed by atoms with van der Waals surface area (Å²) >= 11 is 0. The van der Waals surface area contributed by atoms with Crippen LogP contribution in [0, 0.1) is 5.92 Å². The fraction of sp³-hybridized carbons (Fsp3) is 0.594. The van der Waals surface area contributed by atoms with Crippen molar-refractivity contribution in [2.75, 3.05) is 52.3 Å². The minimum atomic E-state index is -4.37. The predicted molar refractivity (Wildman–Crippen MR) is 159 cm³/mol. The van der Waals surface area contributed by atoms with Gasteiger partial charge in [0.2, 0.25) is 0 Å². The van der Waals surface area contributed by atoms with Crippen LogP contribution in [0.3, 0.4) is 0 Å². The Morgan fingerprint density at radius 1 is 1.07 bits per heavy atom. The van der Waals surface area contributed by atoms with Crippen LogP contribution in [0.1, 0.15) is 61.5 Å². The molecule has 0 radical (unpaired) electrons. The van der Waals surface area contributed by atoms with Crippen molar-refractivity contribution in [2.24, 2.45) is 5.92 Å². The molecule has 0 saturated carbocycles. The molecule has 2 aromatic rings. The number of ether oxygens (including phenoxy) is 2. The number of fused-ring (bicyclic) bond motifs is 1. The van der Waals surface area contributed by atoms with Crippen molar-refractivity contribution >= 4 is 11.6 Å². The zero-order chi connectivity index (χ0) is 31.0. The lowest BCUT2D eigenvalue weighted by Crippen LogP contribution is -2.47. The zero-order valence-electron chi connectivity index (χ0n) is 25.7. The Bertz CT molecular complexity index is 1140. The van der Waals surface area contributed by atoms with Gasteiger partial charge in [0.25, 0.3) is 5.91 Å². The molecule has 0 saturated heterocycles. The lowest BCUT2D eigenvalue weighted by atomic mass is 10.0. The van der Waals surface area contributed by atoms with E-state index in [1.165, 1.54) is 12.1 Å². The Labute approximate surface area is 248 Å². The van der Waals surface area contributed by atoms with Gasteiger partial charge in [-0.05, 0) is 76.1 Å². The summed E-state index contributed by atoms with van der Waals surface area (Å²) in [7, 11) is 5.74. The number of carbonyl (C=O) groups is 1. The fourth-order valence-electron chi connectivity index (χ4n) is 5.13. The normalized spacial score (nSPS) is 21.8. The van der Waals surface area contributed by atoms with Crippen LogP contribution < -0.4 is 9.64 Å². The Hall–Kier alpha value is -2.82. The maximum atomic E-state index is 14.1. The molecule has 42 heavy (non-hydrogen) atoms. The summed E-state index contributed by atoms with van der Waals surface area (Å²) < 4.78 is 51.6. The number of likely N-dealkylation sites (N-methyl/N-ethyl adjacent to an activating group) is 1. The summed E-state index contributed by atoms with van der Waals surface area (Å²) in [6.07, 6.45) is -2.16. The number of hydrogen-bond acceptors (Lipinski definition) is 6. The van der Waals surface area contributed by atoms with Crippen LogP contribution in [-0.2, 0) is 17.5 Å². The first-order valence-electron chi connectivity index (χ1n) is 14.7. The Kier molecular flexibility index (Phi) is 12.1. The average molecular weight is 594 g/mol. The highest BCUT2D eigenvalue weighted by Gasteiger charge is 2.31. The smallest absolute Gasteiger partial charge is 0.416 e. The highest BCUT2D eigenvalue weighted by Crippen LogP contribution is 2.30. The van der Waals surface area contributed by atoms with E-state index in [1.807, 2.05) is 69.9 Å². The molecule has 2 aromatic carbocycles. The van der Waals surface area contributed by atoms with Gasteiger partial charge in [-0.3, -0.25) is 9.69 Å². The Balaban J connectivity index is 1.86. The molecule has 234 valence electrons. The average Bonchev–Trinajstić information content (AvgIpc) is 2.93. The molecule has 0 fully saturated rings. The third-order valence-corrected chi connectivity index (χ3v) is 7.78. The SMILES string of the molecule is C[C@H]1CCCCO[C@@H](CN(C)Cc2ccc(C(F)(F)F)cc2)[C@@H](C)CN([C@@H](C)CO)C(=O)c2cc(N(C)C)ccc2O1. The Morgan fingerprint density at radius 2 is 1.76 bits per heavy atom. The first-order chi connectivity index (χ1) is 19.8. The number of alkyl halides is 3. The largest absolute Gasteiger partial charge is 0.490 e. The van der Waals surface area contributed by atoms with Crippen LogP contribution in [-0.4, -0.2) is 86.5 Å². The molecular weight excluding hydrogens is 547 g/mol. The van der Waals surface area contributed by atoms with Crippen molar-refractivity contribution in [1.29, 1.82) is 0 Å².